The predicted octanol–water partition coefficient (Wildman–Crippen LogP) is 4.82. The van der Waals surface area contributed by atoms with Crippen molar-refractivity contribution in [2.75, 3.05) is 11.9 Å². The van der Waals surface area contributed by atoms with Gasteiger partial charge in [0.05, 0.1) is 5.52 Å². The molecule has 34 heavy (non-hydrogen) atoms. The second-order valence-electron chi connectivity index (χ2n) is 8.46. The summed E-state index contributed by atoms with van der Waals surface area (Å²) in [4.78, 5) is 20.7. The summed E-state index contributed by atoms with van der Waals surface area (Å²) in [6.07, 6.45) is -3.20. The zero-order chi connectivity index (χ0) is 24.2. The van der Waals surface area contributed by atoms with E-state index in [1.54, 1.807) is 40.8 Å². The van der Waals surface area contributed by atoms with Crippen LogP contribution in [0.15, 0.2) is 42.5 Å². The number of fused-ring (bicyclic) bond motifs is 4. The quantitative estimate of drug-likeness (QED) is 0.431. The minimum Gasteiger partial charge on any atom is -0.480 e. The number of nitrogens with zero attached hydrogens (tertiary/aromatic N) is 4. The average Bonchev–Trinajstić information content (AvgIpc) is 3.09. The molecule has 1 aliphatic carbocycles. The molecule has 5 rings (SSSR count). The van der Waals surface area contributed by atoms with Crippen molar-refractivity contribution < 1.29 is 27.5 Å². The van der Waals surface area contributed by atoms with Gasteiger partial charge in [0.15, 0.2) is 0 Å². The number of para-hydroxylation sites is 1. The smallest absolute Gasteiger partial charge is 0.451 e. The van der Waals surface area contributed by atoms with Crippen molar-refractivity contribution in [3.8, 4) is 0 Å². The van der Waals surface area contributed by atoms with Crippen molar-refractivity contribution >= 4 is 33.6 Å². The molecule has 1 aliphatic rings. The van der Waals surface area contributed by atoms with Gasteiger partial charge in [0.25, 0.3) is 0 Å². The van der Waals surface area contributed by atoms with Gasteiger partial charge in [-0.25, -0.2) is 14.4 Å². The number of aromatic nitrogens is 3. The van der Waals surface area contributed by atoms with Gasteiger partial charge in [0.1, 0.15) is 18.2 Å². The third-order valence-corrected chi connectivity index (χ3v) is 6.41. The Morgan fingerprint density at radius 2 is 1.94 bits per heavy atom. The van der Waals surface area contributed by atoms with E-state index < -0.39 is 23.8 Å². The molecule has 10 heteroatoms. The number of alkyl halides is 3. The summed E-state index contributed by atoms with van der Waals surface area (Å²) in [7, 11) is 1.70. The Bertz CT molecular complexity index is 1430. The van der Waals surface area contributed by atoms with Gasteiger partial charge in [-0.1, -0.05) is 12.1 Å². The van der Waals surface area contributed by atoms with Crippen molar-refractivity contribution in [1.29, 1.82) is 0 Å². The lowest BCUT2D eigenvalue weighted by Crippen LogP contribution is -2.38. The third kappa shape index (κ3) is 3.72. The number of carboxylic acid groups (broad SMARTS) is 1. The molecule has 0 radical (unpaired) electrons. The lowest BCUT2D eigenvalue weighted by atomic mass is 9.90. The number of aliphatic carboxylic acids is 1. The maximum atomic E-state index is 14.1. The summed E-state index contributed by atoms with van der Waals surface area (Å²) in [6, 6.07) is 10.6. The first kappa shape index (κ1) is 22.1. The maximum absolute atomic E-state index is 14.1. The molecule has 2 heterocycles. The Morgan fingerprint density at radius 1 is 1.18 bits per heavy atom. The highest BCUT2D eigenvalue weighted by Crippen LogP contribution is 2.37. The lowest BCUT2D eigenvalue weighted by molar-refractivity contribution is -0.144. The Kier molecular flexibility index (Phi) is 5.18. The molecule has 0 saturated carbocycles. The molecule has 0 amide bonds. The number of benzene rings is 2. The number of likely N-dealkylation sites (N-methyl/N-ethyl adjacent to an activating group) is 1. The van der Waals surface area contributed by atoms with Crippen LogP contribution in [0.1, 0.15) is 23.5 Å². The summed E-state index contributed by atoms with van der Waals surface area (Å²) < 4.78 is 56.2. The van der Waals surface area contributed by atoms with E-state index in [9.17, 15) is 27.5 Å². The van der Waals surface area contributed by atoms with Gasteiger partial charge < -0.3 is 14.6 Å². The Balaban J connectivity index is 1.59. The fraction of sp³-hybridized carbons (Fsp3) is 0.292. The summed E-state index contributed by atoms with van der Waals surface area (Å²) in [6.45, 7) is -0.247. The Hall–Kier alpha value is -3.69. The molecular weight excluding hydrogens is 452 g/mol. The highest BCUT2D eigenvalue weighted by Gasteiger charge is 2.37. The SMILES string of the molecule is CN(c1nc(C(F)(F)F)nc2ccccc12)[C@H]1CCc2c(c3cc(F)ccc3n2CC(=O)O)C1. The van der Waals surface area contributed by atoms with Gasteiger partial charge in [-0.15, -0.1) is 0 Å². The molecule has 1 N–H and O–H groups in total. The fourth-order valence-corrected chi connectivity index (χ4v) is 4.88. The highest BCUT2D eigenvalue weighted by molar-refractivity contribution is 5.90. The largest absolute Gasteiger partial charge is 0.480 e. The summed E-state index contributed by atoms with van der Waals surface area (Å²) in [5.74, 6) is -2.47. The fourth-order valence-electron chi connectivity index (χ4n) is 4.88. The third-order valence-electron chi connectivity index (χ3n) is 6.41. The molecule has 0 aliphatic heterocycles. The molecule has 0 bridgehead atoms. The molecule has 0 fully saturated rings. The van der Waals surface area contributed by atoms with Crippen LogP contribution >= 0.6 is 0 Å². The van der Waals surface area contributed by atoms with Crippen LogP contribution in [0.2, 0.25) is 0 Å². The lowest BCUT2D eigenvalue weighted by Gasteiger charge is -2.33. The van der Waals surface area contributed by atoms with Crippen molar-refractivity contribution in [3.63, 3.8) is 0 Å². The number of anilines is 1. The van der Waals surface area contributed by atoms with Crippen LogP contribution in [0.25, 0.3) is 21.8 Å². The zero-order valence-electron chi connectivity index (χ0n) is 18.1. The standard InChI is InChI=1S/C24H20F4N4O2/c1-31(22-15-4-2-3-5-18(15)29-23(30-22)24(26,27)28)14-7-9-20-17(11-14)16-10-13(25)6-8-19(16)32(20)12-21(33)34/h2-6,8,10,14H,7,9,11-12H2,1H3,(H,33,34)/t14-/m0/s1. The molecule has 1 atom stereocenters. The average molecular weight is 472 g/mol. The second kappa shape index (κ2) is 7.96. The molecule has 6 nitrogen and oxygen atoms in total. The van der Waals surface area contributed by atoms with E-state index in [-0.39, 0.29) is 23.9 Å². The number of carbonyl (C=O) groups is 1. The topological polar surface area (TPSA) is 71.2 Å². The van der Waals surface area contributed by atoms with Crippen molar-refractivity contribution in [1.82, 2.24) is 14.5 Å². The van der Waals surface area contributed by atoms with Crippen LogP contribution in [0, 0.1) is 5.82 Å². The molecular formula is C24H20F4N4O2. The molecule has 0 spiro atoms. The minimum atomic E-state index is -4.69. The Morgan fingerprint density at radius 3 is 2.68 bits per heavy atom. The molecule has 0 saturated heterocycles. The van der Waals surface area contributed by atoms with E-state index in [1.807, 2.05) is 0 Å². The first-order valence-corrected chi connectivity index (χ1v) is 10.7. The summed E-state index contributed by atoms with van der Waals surface area (Å²) in [5, 5.41) is 10.5. The van der Waals surface area contributed by atoms with Crippen LogP contribution < -0.4 is 4.90 Å². The number of hydrogen-bond acceptors (Lipinski definition) is 4. The number of carboxylic acids is 1. The van der Waals surface area contributed by atoms with Crippen LogP contribution in [0.5, 0.6) is 0 Å². The summed E-state index contributed by atoms with van der Waals surface area (Å²) in [5.41, 5.74) is 2.46. The molecule has 2 aromatic carbocycles. The molecule has 176 valence electrons. The first-order valence-electron chi connectivity index (χ1n) is 10.7. The van der Waals surface area contributed by atoms with Gasteiger partial charge in [-0.2, -0.15) is 13.2 Å². The molecule has 0 unspecified atom stereocenters. The van der Waals surface area contributed by atoms with Crippen LogP contribution in [-0.2, 0) is 30.4 Å². The van der Waals surface area contributed by atoms with E-state index in [0.29, 0.717) is 35.6 Å². The first-order chi connectivity index (χ1) is 16.1. The van der Waals surface area contributed by atoms with E-state index in [2.05, 4.69) is 9.97 Å². The maximum Gasteiger partial charge on any atom is 0.451 e. The predicted molar refractivity (Wildman–Crippen MR) is 118 cm³/mol. The second-order valence-corrected chi connectivity index (χ2v) is 8.46. The van der Waals surface area contributed by atoms with Gasteiger partial charge in [-0.3, -0.25) is 4.79 Å². The van der Waals surface area contributed by atoms with Gasteiger partial charge in [0, 0.05) is 35.1 Å². The van der Waals surface area contributed by atoms with Crippen LogP contribution in [-0.4, -0.2) is 38.7 Å². The number of rotatable bonds is 4. The highest BCUT2D eigenvalue weighted by atomic mass is 19.4. The molecule has 2 aromatic heterocycles. The summed E-state index contributed by atoms with van der Waals surface area (Å²) >= 11 is 0. The van der Waals surface area contributed by atoms with Crippen LogP contribution in [0.3, 0.4) is 0 Å². The monoisotopic (exact) mass is 472 g/mol. The van der Waals surface area contributed by atoms with Gasteiger partial charge >= 0.3 is 12.1 Å². The van der Waals surface area contributed by atoms with Gasteiger partial charge in [-0.05, 0) is 55.2 Å². The van der Waals surface area contributed by atoms with E-state index in [4.69, 9.17) is 0 Å². The van der Waals surface area contributed by atoms with Gasteiger partial charge in [0.2, 0.25) is 5.82 Å². The van der Waals surface area contributed by atoms with Crippen molar-refractivity contribution in [2.45, 2.75) is 38.0 Å². The Labute approximate surface area is 191 Å². The zero-order valence-corrected chi connectivity index (χ0v) is 18.1. The minimum absolute atomic E-state index is 0.173. The van der Waals surface area contributed by atoms with Crippen LogP contribution in [0.4, 0.5) is 23.4 Å². The molecule has 4 aromatic rings. The number of hydrogen-bond donors (Lipinski definition) is 1. The van der Waals surface area contributed by atoms with Crippen molar-refractivity contribution in [3.05, 3.63) is 65.4 Å². The van der Waals surface area contributed by atoms with E-state index in [1.165, 1.54) is 18.2 Å². The number of halogens is 4. The van der Waals surface area contributed by atoms with Crippen molar-refractivity contribution in [2.24, 2.45) is 0 Å². The normalized spacial score (nSPS) is 16.1. The van der Waals surface area contributed by atoms with E-state index >= 15 is 0 Å². The van der Waals surface area contributed by atoms with E-state index in [0.717, 1.165) is 11.3 Å².